The van der Waals surface area contributed by atoms with Crippen LogP contribution in [0.15, 0.2) is 36.5 Å². The van der Waals surface area contributed by atoms with E-state index in [1.54, 1.807) is 6.20 Å². The number of rotatable bonds is 3. The largest absolute Gasteiger partial charge is 0.477 e. The van der Waals surface area contributed by atoms with Crippen molar-refractivity contribution in [1.29, 1.82) is 0 Å². The van der Waals surface area contributed by atoms with Crippen LogP contribution in [0.5, 0.6) is 0 Å². The van der Waals surface area contributed by atoms with Crippen LogP contribution < -0.4 is 4.90 Å². The van der Waals surface area contributed by atoms with Gasteiger partial charge in [-0.15, -0.1) is 0 Å². The van der Waals surface area contributed by atoms with Crippen LogP contribution in [0.3, 0.4) is 0 Å². The zero-order valence-corrected chi connectivity index (χ0v) is 9.77. The third-order valence-electron chi connectivity index (χ3n) is 2.60. The third kappa shape index (κ3) is 2.01. The van der Waals surface area contributed by atoms with Gasteiger partial charge in [0.15, 0.2) is 0 Å². The van der Waals surface area contributed by atoms with Crippen LogP contribution in [0.2, 0.25) is 0 Å². The number of carbonyl (C=O) groups is 1. The Bertz CT molecular complexity index is 530. The quantitative estimate of drug-likeness (QED) is 0.851. The zero-order chi connectivity index (χ0) is 12.4. The molecule has 0 saturated heterocycles. The standard InChI is InChI=1S/C13H14N2O2/c1-15(2)12-10(8-14-11(12)13(16)17)9-6-4-3-5-7-9/h3-8,14H,1-2H3,(H,16,17). The highest BCUT2D eigenvalue weighted by Gasteiger charge is 2.19. The molecule has 17 heavy (non-hydrogen) atoms. The van der Waals surface area contributed by atoms with E-state index in [-0.39, 0.29) is 5.69 Å². The van der Waals surface area contributed by atoms with E-state index in [1.165, 1.54) is 0 Å². The molecule has 1 heterocycles. The van der Waals surface area contributed by atoms with Crippen molar-refractivity contribution in [1.82, 2.24) is 4.98 Å². The fourth-order valence-corrected chi connectivity index (χ4v) is 1.88. The van der Waals surface area contributed by atoms with Crippen molar-refractivity contribution >= 4 is 11.7 Å². The fraction of sp³-hybridized carbons (Fsp3) is 0.154. The lowest BCUT2D eigenvalue weighted by Crippen LogP contribution is -2.13. The van der Waals surface area contributed by atoms with Gasteiger partial charge in [0.1, 0.15) is 5.69 Å². The van der Waals surface area contributed by atoms with Gasteiger partial charge in [0.05, 0.1) is 5.69 Å². The lowest BCUT2D eigenvalue weighted by Gasteiger charge is -2.14. The number of anilines is 1. The van der Waals surface area contributed by atoms with Gasteiger partial charge in [-0.2, -0.15) is 0 Å². The number of aromatic nitrogens is 1. The first-order chi connectivity index (χ1) is 8.11. The molecule has 4 nitrogen and oxygen atoms in total. The Labute approximate surface area is 99.5 Å². The second-order valence-electron chi connectivity index (χ2n) is 3.99. The van der Waals surface area contributed by atoms with Gasteiger partial charge in [-0.25, -0.2) is 4.79 Å². The van der Waals surface area contributed by atoms with Crippen LogP contribution in [0.1, 0.15) is 10.5 Å². The first-order valence-electron chi connectivity index (χ1n) is 5.28. The molecule has 0 aliphatic rings. The Hall–Kier alpha value is -2.23. The molecule has 2 rings (SSSR count). The molecule has 0 aliphatic heterocycles. The van der Waals surface area contributed by atoms with Gasteiger partial charge in [0.25, 0.3) is 0 Å². The molecule has 0 bridgehead atoms. The van der Waals surface area contributed by atoms with Crippen molar-refractivity contribution in [2.45, 2.75) is 0 Å². The van der Waals surface area contributed by atoms with Gasteiger partial charge < -0.3 is 15.0 Å². The van der Waals surface area contributed by atoms with Crippen molar-refractivity contribution in [3.63, 3.8) is 0 Å². The lowest BCUT2D eigenvalue weighted by molar-refractivity contribution is 0.0692. The number of H-pyrrole nitrogens is 1. The molecule has 4 heteroatoms. The summed E-state index contributed by atoms with van der Waals surface area (Å²) in [6, 6.07) is 9.72. The zero-order valence-electron chi connectivity index (χ0n) is 9.77. The Morgan fingerprint density at radius 3 is 2.41 bits per heavy atom. The summed E-state index contributed by atoms with van der Waals surface area (Å²) < 4.78 is 0. The number of hydrogen-bond donors (Lipinski definition) is 2. The lowest BCUT2D eigenvalue weighted by atomic mass is 10.1. The Morgan fingerprint density at radius 2 is 1.88 bits per heavy atom. The van der Waals surface area contributed by atoms with E-state index in [0.29, 0.717) is 5.69 Å². The molecule has 1 aromatic carbocycles. The SMILES string of the molecule is CN(C)c1c(-c2ccccc2)c[nH]c1C(=O)O. The number of hydrogen-bond acceptors (Lipinski definition) is 2. The maximum atomic E-state index is 11.1. The van der Waals surface area contributed by atoms with E-state index in [2.05, 4.69) is 4.98 Å². The third-order valence-corrected chi connectivity index (χ3v) is 2.60. The van der Waals surface area contributed by atoms with E-state index in [4.69, 9.17) is 5.11 Å². The summed E-state index contributed by atoms with van der Waals surface area (Å²) in [6.45, 7) is 0. The minimum absolute atomic E-state index is 0.217. The number of aromatic carboxylic acids is 1. The molecule has 0 aliphatic carbocycles. The smallest absolute Gasteiger partial charge is 0.354 e. The average molecular weight is 230 g/mol. The van der Waals surface area contributed by atoms with Crippen molar-refractivity contribution in [3.05, 3.63) is 42.2 Å². The topological polar surface area (TPSA) is 56.3 Å². The van der Waals surface area contributed by atoms with Gasteiger partial charge >= 0.3 is 5.97 Å². The molecule has 1 aromatic heterocycles. The van der Waals surface area contributed by atoms with E-state index in [9.17, 15) is 4.79 Å². The molecule has 88 valence electrons. The number of benzene rings is 1. The maximum Gasteiger partial charge on any atom is 0.354 e. The number of carboxylic acids is 1. The highest BCUT2D eigenvalue weighted by Crippen LogP contribution is 2.32. The first kappa shape index (κ1) is 11.3. The minimum atomic E-state index is -0.948. The molecule has 2 aromatic rings. The van der Waals surface area contributed by atoms with Crippen molar-refractivity contribution in [3.8, 4) is 11.1 Å². The van der Waals surface area contributed by atoms with Gasteiger partial charge in [0.2, 0.25) is 0 Å². The summed E-state index contributed by atoms with van der Waals surface area (Å²) in [5.41, 5.74) is 2.81. The van der Waals surface area contributed by atoms with Crippen LogP contribution in [0, 0.1) is 0 Å². The van der Waals surface area contributed by atoms with Gasteiger partial charge in [0, 0.05) is 25.9 Å². The van der Waals surface area contributed by atoms with Crippen molar-refractivity contribution < 1.29 is 9.90 Å². The molecular formula is C13H14N2O2. The number of nitrogens with one attached hydrogen (secondary N) is 1. The molecule has 0 fully saturated rings. The Balaban J connectivity index is 2.60. The Kier molecular flexibility index (Phi) is 2.87. The van der Waals surface area contributed by atoms with Crippen LogP contribution in [0.25, 0.3) is 11.1 Å². The summed E-state index contributed by atoms with van der Waals surface area (Å²) in [6.07, 6.45) is 1.73. The summed E-state index contributed by atoms with van der Waals surface area (Å²) in [5.74, 6) is -0.948. The number of nitrogens with zero attached hydrogens (tertiary/aromatic N) is 1. The van der Waals surface area contributed by atoms with Gasteiger partial charge in [-0.05, 0) is 5.56 Å². The summed E-state index contributed by atoms with van der Waals surface area (Å²) in [4.78, 5) is 15.7. The van der Waals surface area contributed by atoms with Crippen LogP contribution in [0.4, 0.5) is 5.69 Å². The summed E-state index contributed by atoms with van der Waals surface area (Å²) >= 11 is 0. The molecule has 0 radical (unpaired) electrons. The summed E-state index contributed by atoms with van der Waals surface area (Å²) in [5, 5.41) is 9.12. The molecule has 0 unspecified atom stereocenters. The highest BCUT2D eigenvalue weighted by molar-refractivity contribution is 5.98. The maximum absolute atomic E-state index is 11.1. The van der Waals surface area contributed by atoms with E-state index >= 15 is 0 Å². The molecule has 0 saturated carbocycles. The second kappa shape index (κ2) is 4.33. The van der Waals surface area contributed by atoms with Gasteiger partial charge in [-0.3, -0.25) is 0 Å². The Morgan fingerprint density at radius 1 is 1.24 bits per heavy atom. The van der Waals surface area contributed by atoms with Crippen LogP contribution in [-0.2, 0) is 0 Å². The predicted molar refractivity (Wildman–Crippen MR) is 67.5 cm³/mol. The first-order valence-corrected chi connectivity index (χ1v) is 5.28. The monoisotopic (exact) mass is 230 g/mol. The van der Waals surface area contributed by atoms with E-state index in [0.717, 1.165) is 11.1 Å². The fourth-order valence-electron chi connectivity index (χ4n) is 1.88. The number of carboxylic acid groups (broad SMARTS) is 1. The molecule has 0 atom stereocenters. The normalized spacial score (nSPS) is 10.2. The number of aromatic amines is 1. The van der Waals surface area contributed by atoms with Gasteiger partial charge in [-0.1, -0.05) is 30.3 Å². The highest BCUT2D eigenvalue weighted by atomic mass is 16.4. The van der Waals surface area contributed by atoms with E-state index in [1.807, 2.05) is 49.3 Å². The van der Waals surface area contributed by atoms with Crippen LogP contribution in [-0.4, -0.2) is 30.2 Å². The van der Waals surface area contributed by atoms with Crippen molar-refractivity contribution in [2.75, 3.05) is 19.0 Å². The predicted octanol–water partition coefficient (Wildman–Crippen LogP) is 2.45. The van der Waals surface area contributed by atoms with E-state index < -0.39 is 5.97 Å². The second-order valence-corrected chi connectivity index (χ2v) is 3.99. The molecule has 0 amide bonds. The van der Waals surface area contributed by atoms with Crippen LogP contribution >= 0.6 is 0 Å². The molecular weight excluding hydrogens is 216 g/mol. The van der Waals surface area contributed by atoms with Crippen molar-refractivity contribution in [2.24, 2.45) is 0 Å². The average Bonchev–Trinajstić information content (AvgIpc) is 2.74. The molecule has 2 N–H and O–H groups in total. The molecule has 0 spiro atoms. The summed E-state index contributed by atoms with van der Waals surface area (Å²) in [7, 11) is 3.67. The minimum Gasteiger partial charge on any atom is -0.477 e.